The first-order valence-electron chi connectivity index (χ1n) is 12.6. The van der Waals surface area contributed by atoms with Crippen LogP contribution in [0.1, 0.15) is 48.1 Å². The van der Waals surface area contributed by atoms with E-state index in [1.54, 1.807) is 24.3 Å². The third-order valence-corrected chi connectivity index (χ3v) is 10.3. The molecule has 5 rings (SSSR count). The molecule has 204 valence electrons. The monoisotopic (exact) mass is 567 g/mol. The molecule has 0 aliphatic carbocycles. The number of ether oxygens (including phenoxy) is 1. The van der Waals surface area contributed by atoms with Crippen LogP contribution in [0.4, 0.5) is 5.13 Å². The van der Waals surface area contributed by atoms with Crippen molar-refractivity contribution in [1.82, 2.24) is 9.29 Å². The van der Waals surface area contributed by atoms with Gasteiger partial charge in [-0.1, -0.05) is 79.3 Å². The highest BCUT2D eigenvalue weighted by molar-refractivity contribution is 7.91. The number of thiazole rings is 1. The Hall–Kier alpha value is -3.38. The van der Waals surface area contributed by atoms with Crippen molar-refractivity contribution >= 4 is 43.9 Å². The SMILES string of the molecule is Cc1ccc(C(O)=C2C(=O)C(=O)N(c3ncc(S(=O)(=O)N4CCOCC4)s3)C2c2ccc(C(C)C)cc2)cc1. The van der Waals surface area contributed by atoms with Crippen molar-refractivity contribution in [2.45, 2.75) is 36.9 Å². The number of aromatic nitrogens is 1. The van der Waals surface area contributed by atoms with Crippen LogP contribution in [0.3, 0.4) is 0 Å². The van der Waals surface area contributed by atoms with Gasteiger partial charge in [-0.15, -0.1) is 0 Å². The van der Waals surface area contributed by atoms with Gasteiger partial charge in [0.1, 0.15) is 5.76 Å². The number of nitrogens with zero attached hydrogens (tertiary/aromatic N) is 3. The van der Waals surface area contributed by atoms with Crippen molar-refractivity contribution in [2.75, 3.05) is 31.2 Å². The molecule has 2 aliphatic heterocycles. The molecule has 11 heteroatoms. The Morgan fingerprint density at radius 1 is 1.05 bits per heavy atom. The number of aliphatic hydroxyl groups excluding tert-OH is 1. The molecule has 3 aromatic rings. The molecule has 1 aromatic heterocycles. The molecule has 1 amide bonds. The van der Waals surface area contributed by atoms with Crippen LogP contribution < -0.4 is 4.90 Å². The number of carbonyl (C=O) groups is 2. The average molecular weight is 568 g/mol. The number of ketones is 1. The van der Waals surface area contributed by atoms with Crippen molar-refractivity contribution < 1.29 is 27.9 Å². The van der Waals surface area contributed by atoms with Gasteiger partial charge >= 0.3 is 5.91 Å². The predicted molar refractivity (Wildman–Crippen MR) is 148 cm³/mol. The maximum absolute atomic E-state index is 13.4. The number of hydrogen-bond donors (Lipinski definition) is 1. The summed E-state index contributed by atoms with van der Waals surface area (Å²) in [7, 11) is -3.85. The zero-order valence-electron chi connectivity index (χ0n) is 21.8. The number of amides is 1. The Labute approximate surface area is 231 Å². The number of Topliss-reactive ketones (excluding diaryl/α,β-unsaturated/α-hetero) is 1. The van der Waals surface area contributed by atoms with Gasteiger partial charge in [0.15, 0.2) is 9.34 Å². The Morgan fingerprint density at radius 3 is 2.31 bits per heavy atom. The van der Waals surface area contributed by atoms with Crippen molar-refractivity contribution in [3.63, 3.8) is 0 Å². The average Bonchev–Trinajstić information content (AvgIpc) is 3.53. The highest BCUT2D eigenvalue weighted by Gasteiger charge is 2.48. The molecule has 3 heterocycles. The van der Waals surface area contributed by atoms with E-state index in [1.165, 1.54) is 15.4 Å². The quantitative estimate of drug-likeness (QED) is 0.269. The number of benzene rings is 2. The van der Waals surface area contributed by atoms with Crippen LogP contribution in [0.5, 0.6) is 0 Å². The number of morpholine rings is 1. The standard InChI is InChI=1S/C28H29N3O6S2/c1-17(2)19-8-10-20(11-9-19)24-23(25(32)21-6-4-18(3)5-7-21)26(33)27(34)31(24)28-29-16-22(38-28)39(35,36)30-12-14-37-15-13-30/h4-11,16-17,24,32H,12-15H2,1-3H3. The number of aryl methyl sites for hydroxylation is 1. The molecule has 2 fully saturated rings. The lowest BCUT2D eigenvalue weighted by atomic mass is 9.93. The number of aliphatic hydroxyl groups is 1. The second-order valence-electron chi connectivity index (χ2n) is 9.83. The summed E-state index contributed by atoms with van der Waals surface area (Å²) in [6.07, 6.45) is 1.21. The van der Waals surface area contributed by atoms with E-state index in [4.69, 9.17) is 4.74 Å². The van der Waals surface area contributed by atoms with E-state index in [-0.39, 0.29) is 39.7 Å². The topological polar surface area (TPSA) is 117 Å². The first kappa shape index (κ1) is 27.2. The van der Waals surface area contributed by atoms with E-state index in [1.807, 2.05) is 31.2 Å². The minimum Gasteiger partial charge on any atom is -0.507 e. The van der Waals surface area contributed by atoms with Gasteiger partial charge in [0, 0.05) is 18.7 Å². The van der Waals surface area contributed by atoms with Gasteiger partial charge in [0.2, 0.25) is 0 Å². The second kappa shape index (κ2) is 10.6. The Kier molecular flexibility index (Phi) is 7.43. The van der Waals surface area contributed by atoms with Crippen LogP contribution in [0.25, 0.3) is 5.76 Å². The summed E-state index contributed by atoms with van der Waals surface area (Å²) in [6, 6.07) is 13.5. The first-order valence-corrected chi connectivity index (χ1v) is 14.9. The fraction of sp³-hybridized carbons (Fsp3) is 0.321. The molecule has 2 aliphatic rings. The Balaban J connectivity index is 1.62. The van der Waals surface area contributed by atoms with Crippen LogP contribution in [0, 0.1) is 6.92 Å². The van der Waals surface area contributed by atoms with Crippen LogP contribution >= 0.6 is 11.3 Å². The molecule has 2 saturated heterocycles. The molecule has 2 aromatic carbocycles. The smallest absolute Gasteiger partial charge is 0.301 e. The number of rotatable bonds is 6. The maximum atomic E-state index is 13.4. The summed E-state index contributed by atoms with van der Waals surface area (Å²) in [4.78, 5) is 32.3. The molecule has 0 saturated carbocycles. The molecule has 0 radical (unpaired) electrons. The van der Waals surface area contributed by atoms with Crippen LogP contribution in [-0.2, 0) is 24.3 Å². The van der Waals surface area contributed by atoms with Gasteiger partial charge in [-0.05, 0) is 24.0 Å². The van der Waals surface area contributed by atoms with E-state index >= 15 is 0 Å². The minimum atomic E-state index is -3.85. The molecular formula is C28H29N3O6S2. The molecule has 1 N–H and O–H groups in total. The summed E-state index contributed by atoms with van der Waals surface area (Å²) in [5, 5.41) is 11.4. The molecular weight excluding hydrogens is 538 g/mol. The largest absolute Gasteiger partial charge is 0.507 e. The lowest BCUT2D eigenvalue weighted by molar-refractivity contribution is -0.132. The zero-order chi connectivity index (χ0) is 27.9. The number of carbonyl (C=O) groups excluding carboxylic acids is 2. The van der Waals surface area contributed by atoms with Crippen molar-refractivity contribution in [3.8, 4) is 0 Å². The molecule has 9 nitrogen and oxygen atoms in total. The van der Waals surface area contributed by atoms with Crippen molar-refractivity contribution in [2.24, 2.45) is 0 Å². The summed E-state index contributed by atoms with van der Waals surface area (Å²) in [5.41, 5.74) is 2.97. The fourth-order valence-corrected chi connectivity index (χ4v) is 7.38. The van der Waals surface area contributed by atoms with E-state index < -0.39 is 27.8 Å². The highest BCUT2D eigenvalue weighted by Crippen LogP contribution is 2.44. The molecule has 1 atom stereocenters. The van der Waals surface area contributed by atoms with Crippen LogP contribution in [-0.4, -0.2) is 60.8 Å². The first-order chi connectivity index (χ1) is 18.6. The third kappa shape index (κ3) is 5.03. The molecule has 1 unspecified atom stereocenters. The van der Waals surface area contributed by atoms with Gasteiger partial charge in [-0.25, -0.2) is 13.4 Å². The normalized spacial score (nSPS) is 20.2. The van der Waals surface area contributed by atoms with E-state index in [2.05, 4.69) is 18.8 Å². The number of hydrogen-bond acceptors (Lipinski definition) is 8. The number of sulfonamides is 1. The van der Waals surface area contributed by atoms with Gasteiger partial charge in [0.25, 0.3) is 15.8 Å². The predicted octanol–water partition coefficient (Wildman–Crippen LogP) is 4.22. The van der Waals surface area contributed by atoms with Crippen molar-refractivity contribution in [1.29, 1.82) is 0 Å². The van der Waals surface area contributed by atoms with E-state index in [0.29, 0.717) is 24.3 Å². The zero-order valence-corrected chi connectivity index (χ0v) is 23.5. The van der Waals surface area contributed by atoms with E-state index in [9.17, 15) is 23.1 Å². The van der Waals surface area contributed by atoms with Crippen LogP contribution in [0.2, 0.25) is 0 Å². The summed E-state index contributed by atoms with van der Waals surface area (Å²) >= 11 is 0.822. The van der Waals surface area contributed by atoms with Crippen molar-refractivity contribution in [3.05, 3.63) is 82.6 Å². The lowest BCUT2D eigenvalue weighted by Gasteiger charge is -2.25. The van der Waals surface area contributed by atoms with Gasteiger partial charge in [-0.3, -0.25) is 14.5 Å². The summed E-state index contributed by atoms with van der Waals surface area (Å²) in [6.45, 7) is 7.06. The molecule has 0 spiro atoms. The highest BCUT2D eigenvalue weighted by atomic mass is 32.2. The second-order valence-corrected chi connectivity index (χ2v) is 13.0. The van der Waals surface area contributed by atoms with E-state index in [0.717, 1.165) is 22.5 Å². The maximum Gasteiger partial charge on any atom is 0.301 e. The van der Waals surface area contributed by atoms with Crippen LogP contribution in [0.15, 0.2) is 64.5 Å². The summed E-state index contributed by atoms with van der Waals surface area (Å²) < 4.78 is 33.0. The van der Waals surface area contributed by atoms with Gasteiger partial charge < -0.3 is 9.84 Å². The Bertz CT molecular complexity index is 1540. The number of anilines is 1. The molecule has 39 heavy (non-hydrogen) atoms. The van der Waals surface area contributed by atoms with Gasteiger partial charge in [0.05, 0.1) is 31.0 Å². The lowest BCUT2D eigenvalue weighted by Crippen LogP contribution is -2.40. The third-order valence-electron chi connectivity index (χ3n) is 6.93. The molecule has 0 bridgehead atoms. The fourth-order valence-electron chi connectivity index (χ4n) is 4.67. The Morgan fingerprint density at radius 2 is 1.69 bits per heavy atom. The minimum absolute atomic E-state index is 0.0336. The van der Waals surface area contributed by atoms with Gasteiger partial charge in [-0.2, -0.15) is 4.31 Å². The summed E-state index contributed by atoms with van der Waals surface area (Å²) in [5.74, 6) is -1.78.